The highest BCUT2D eigenvalue weighted by atomic mass is 127. The molecule has 6 heteroatoms. The normalized spacial score (nSPS) is 12.2. The van der Waals surface area contributed by atoms with Crippen LogP contribution >= 0.6 is 22.6 Å². The second-order valence-corrected chi connectivity index (χ2v) is 5.50. The van der Waals surface area contributed by atoms with Gasteiger partial charge in [-0.3, -0.25) is 4.79 Å². The molecular weight excluding hydrogens is 371 g/mol. The third-order valence-electron chi connectivity index (χ3n) is 2.90. The van der Waals surface area contributed by atoms with Gasteiger partial charge < -0.3 is 20.5 Å². The van der Waals surface area contributed by atoms with Crippen molar-refractivity contribution in [1.29, 1.82) is 0 Å². The van der Waals surface area contributed by atoms with Crippen LogP contribution in [0.3, 0.4) is 0 Å². The number of fused-ring (bicyclic) bond motifs is 1. The van der Waals surface area contributed by atoms with Crippen molar-refractivity contribution in [2.45, 2.75) is 0 Å². The van der Waals surface area contributed by atoms with E-state index in [0.29, 0.717) is 28.4 Å². The van der Waals surface area contributed by atoms with Crippen molar-refractivity contribution in [3.63, 3.8) is 0 Å². The summed E-state index contributed by atoms with van der Waals surface area (Å²) in [5, 5.41) is 2.77. The Morgan fingerprint density at radius 3 is 2.50 bits per heavy atom. The lowest BCUT2D eigenvalue weighted by Gasteiger charge is -2.09. The molecule has 0 aromatic heterocycles. The van der Waals surface area contributed by atoms with Crippen molar-refractivity contribution < 1.29 is 14.3 Å². The van der Waals surface area contributed by atoms with Gasteiger partial charge in [-0.05, 0) is 46.9 Å². The molecule has 0 saturated heterocycles. The molecule has 102 valence electrons. The molecule has 1 aliphatic heterocycles. The molecule has 0 radical (unpaired) electrons. The first-order valence-electron chi connectivity index (χ1n) is 5.89. The fourth-order valence-corrected chi connectivity index (χ4v) is 2.22. The first-order valence-corrected chi connectivity index (χ1v) is 6.97. The zero-order chi connectivity index (χ0) is 14.1. The van der Waals surface area contributed by atoms with Gasteiger partial charge in [-0.1, -0.05) is 0 Å². The second kappa shape index (κ2) is 5.20. The van der Waals surface area contributed by atoms with Crippen LogP contribution in [0, 0.1) is 3.57 Å². The first kappa shape index (κ1) is 13.0. The Bertz CT molecular complexity index is 671. The molecule has 1 amide bonds. The van der Waals surface area contributed by atoms with E-state index in [-0.39, 0.29) is 12.7 Å². The number of hydrogen-bond donors (Lipinski definition) is 2. The molecular formula is C14H11IN2O3. The average Bonchev–Trinajstić information content (AvgIpc) is 2.87. The number of ether oxygens (including phenoxy) is 2. The topological polar surface area (TPSA) is 73.6 Å². The minimum Gasteiger partial charge on any atom is -0.454 e. The third kappa shape index (κ3) is 2.51. The quantitative estimate of drug-likeness (QED) is 0.619. The minimum absolute atomic E-state index is 0.170. The van der Waals surface area contributed by atoms with Crippen molar-refractivity contribution >= 4 is 39.9 Å². The molecule has 0 saturated carbocycles. The zero-order valence-corrected chi connectivity index (χ0v) is 12.5. The zero-order valence-electron chi connectivity index (χ0n) is 10.4. The summed E-state index contributed by atoms with van der Waals surface area (Å²) in [5.41, 5.74) is 7.41. The summed E-state index contributed by atoms with van der Waals surface area (Å²) in [5.74, 6) is 0.957. The van der Waals surface area contributed by atoms with E-state index in [1.54, 1.807) is 24.3 Å². The second-order valence-electron chi connectivity index (χ2n) is 4.25. The Hall–Kier alpha value is -1.96. The smallest absolute Gasteiger partial charge is 0.255 e. The van der Waals surface area contributed by atoms with Crippen LogP contribution in [0.2, 0.25) is 0 Å². The van der Waals surface area contributed by atoms with Crippen molar-refractivity contribution in [2.24, 2.45) is 0 Å². The minimum atomic E-state index is -0.216. The lowest BCUT2D eigenvalue weighted by Crippen LogP contribution is -2.13. The van der Waals surface area contributed by atoms with Crippen molar-refractivity contribution in [3.8, 4) is 11.5 Å². The summed E-state index contributed by atoms with van der Waals surface area (Å²) in [4.78, 5) is 12.1. The number of anilines is 2. The lowest BCUT2D eigenvalue weighted by molar-refractivity contribution is 0.102. The molecule has 0 bridgehead atoms. The number of nitrogen functional groups attached to an aromatic ring is 1. The molecule has 5 nitrogen and oxygen atoms in total. The average molecular weight is 382 g/mol. The van der Waals surface area contributed by atoms with Crippen LogP contribution < -0.4 is 20.5 Å². The number of amides is 1. The number of nitrogens with two attached hydrogens (primary N) is 1. The van der Waals surface area contributed by atoms with E-state index in [1.165, 1.54) is 0 Å². The molecule has 1 heterocycles. The summed E-state index contributed by atoms with van der Waals surface area (Å²) in [6, 6.07) is 10.6. The Morgan fingerprint density at radius 1 is 1.15 bits per heavy atom. The Labute approximate surface area is 129 Å². The molecule has 2 aromatic rings. The van der Waals surface area contributed by atoms with Gasteiger partial charge in [0, 0.05) is 21.3 Å². The number of carbonyl (C=O) groups excluding carboxylic acids is 1. The number of benzene rings is 2. The number of nitrogens with one attached hydrogen (secondary N) is 1. The highest BCUT2D eigenvalue weighted by Gasteiger charge is 2.17. The van der Waals surface area contributed by atoms with Gasteiger partial charge in [0.15, 0.2) is 11.5 Å². The summed E-state index contributed by atoms with van der Waals surface area (Å²) in [7, 11) is 0. The summed E-state index contributed by atoms with van der Waals surface area (Å²) in [6.45, 7) is 0.170. The monoisotopic (exact) mass is 382 g/mol. The maximum absolute atomic E-state index is 12.1. The summed E-state index contributed by atoms with van der Waals surface area (Å²) < 4.78 is 11.6. The van der Waals surface area contributed by atoms with Crippen molar-refractivity contribution in [3.05, 3.63) is 45.5 Å². The standard InChI is InChI=1S/C14H11IN2O3/c15-9-3-1-8(2-4-9)14(18)17-11-6-13-12(5-10(11)16)19-7-20-13/h1-6H,7,16H2,(H,17,18). The van der Waals surface area contributed by atoms with Gasteiger partial charge in [0.1, 0.15) is 0 Å². The van der Waals surface area contributed by atoms with Gasteiger partial charge >= 0.3 is 0 Å². The van der Waals surface area contributed by atoms with E-state index < -0.39 is 0 Å². The van der Waals surface area contributed by atoms with Crippen LogP contribution in [0.25, 0.3) is 0 Å². The van der Waals surface area contributed by atoms with Crippen molar-refractivity contribution in [1.82, 2.24) is 0 Å². The third-order valence-corrected chi connectivity index (χ3v) is 3.62. The van der Waals surface area contributed by atoms with E-state index in [2.05, 4.69) is 27.9 Å². The molecule has 0 fully saturated rings. The SMILES string of the molecule is Nc1cc2c(cc1NC(=O)c1ccc(I)cc1)OCO2. The van der Waals surface area contributed by atoms with Gasteiger partial charge in [0.05, 0.1) is 11.4 Å². The predicted octanol–water partition coefficient (Wildman–Crippen LogP) is 2.85. The van der Waals surface area contributed by atoms with Crippen LogP contribution in [-0.2, 0) is 0 Å². The Kier molecular flexibility index (Phi) is 3.39. The number of halogens is 1. The Morgan fingerprint density at radius 2 is 1.80 bits per heavy atom. The molecule has 3 N–H and O–H groups in total. The van der Waals surface area contributed by atoms with E-state index >= 15 is 0 Å². The molecule has 0 aliphatic carbocycles. The van der Waals surface area contributed by atoms with E-state index in [4.69, 9.17) is 15.2 Å². The van der Waals surface area contributed by atoms with E-state index in [9.17, 15) is 4.79 Å². The number of hydrogen-bond acceptors (Lipinski definition) is 4. The number of rotatable bonds is 2. The maximum Gasteiger partial charge on any atom is 0.255 e. The first-order chi connectivity index (χ1) is 9.63. The van der Waals surface area contributed by atoms with Gasteiger partial charge in [-0.2, -0.15) is 0 Å². The predicted molar refractivity (Wildman–Crippen MR) is 84.1 cm³/mol. The molecule has 3 rings (SSSR count). The molecule has 1 aliphatic rings. The molecule has 0 spiro atoms. The van der Waals surface area contributed by atoms with Crippen molar-refractivity contribution in [2.75, 3.05) is 17.8 Å². The molecule has 2 aromatic carbocycles. The van der Waals surface area contributed by atoms with Crippen LogP contribution in [0.15, 0.2) is 36.4 Å². The highest BCUT2D eigenvalue weighted by molar-refractivity contribution is 14.1. The Balaban J connectivity index is 1.84. The van der Waals surface area contributed by atoms with Crippen LogP contribution in [0.5, 0.6) is 11.5 Å². The lowest BCUT2D eigenvalue weighted by atomic mass is 10.2. The molecule has 0 unspecified atom stereocenters. The molecule has 0 atom stereocenters. The summed E-state index contributed by atoms with van der Waals surface area (Å²) >= 11 is 2.19. The van der Waals surface area contributed by atoms with E-state index in [1.807, 2.05) is 12.1 Å². The van der Waals surface area contributed by atoms with Gasteiger partial charge in [0.25, 0.3) is 5.91 Å². The molecule has 20 heavy (non-hydrogen) atoms. The van der Waals surface area contributed by atoms with Gasteiger partial charge in [0.2, 0.25) is 6.79 Å². The fourth-order valence-electron chi connectivity index (χ4n) is 1.86. The van der Waals surface area contributed by atoms with Crippen LogP contribution in [0.4, 0.5) is 11.4 Å². The van der Waals surface area contributed by atoms with Crippen LogP contribution in [-0.4, -0.2) is 12.7 Å². The van der Waals surface area contributed by atoms with Gasteiger partial charge in [-0.15, -0.1) is 0 Å². The van der Waals surface area contributed by atoms with E-state index in [0.717, 1.165) is 3.57 Å². The number of carbonyl (C=O) groups is 1. The fraction of sp³-hybridized carbons (Fsp3) is 0.0714. The maximum atomic E-state index is 12.1. The van der Waals surface area contributed by atoms with Gasteiger partial charge in [-0.25, -0.2) is 0 Å². The summed E-state index contributed by atoms with van der Waals surface area (Å²) in [6.07, 6.45) is 0. The van der Waals surface area contributed by atoms with Crippen LogP contribution in [0.1, 0.15) is 10.4 Å². The largest absolute Gasteiger partial charge is 0.454 e. The highest BCUT2D eigenvalue weighted by Crippen LogP contribution is 2.38.